The van der Waals surface area contributed by atoms with Crippen LogP contribution in [-0.2, 0) is 28.2 Å². The molecule has 4 rings (SSSR count). The molecule has 2 saturated heterocycles. The van der Waals surface area contributed by atoms with E-state index in [1.165, 1.54) is 0 Å². The number of piperidine rings is 1. The number of rotatable bonds is 9. The minimum absolute atomic E-state index is 0. The average molecular weight is 598 g/mol. The molecule has 0 bridgehead atoms. The first-order chi connectivity index (χ1) is 17.4. The average Bonchev–Trinajstić information content (AvgIpc) is 3.64. The summed E-state index contributed by atoms with van der Waals surface area (Å²) in [6.45, 7) is -0.346. The summed E-state index contributed by atoms with van der Waals surface area (Å²) in [5.41, 5.74) is -0.760. The van der Waals surface area contributed by atoms with Crippen molar-refractivity contribution in [3.05, 3.63) is 71.8 Å². The zero-order valence-corrected chi connectivity index (χ0v) is 27.3. The van der Waals surface area contributed by atoms with Gasteiger partial charge in [-0.15, -0.1) is 0 Å². The third-order valence-corrected chi connectivity index (χ3v) is 9.78. The summed E-state index contributed by atoms with van der Waals surface area (Å²) in [7, 11) is -10.8. The standard InChI is InChI=1S/C23H28N2O10P2.2Na/c26-21(24-18(15-7-3-1-4-8-15)16-9-5-2-6-10-16)19-20(35-19)22(27)34-17-11-13-25(14-12-17)23(36(28,29)30)37(31,32)33;;/h1-10,17-20,23H,11-14H2,(H,24,26)(H2,28,29,30)(H2,31,32,33);;/q;2*+1/p-2/t19-,20-;;/m0../s1. The number of amides is 1. The molecule has 12 nitrogen and oxygen atoms in total. The molecule has 200 valence electrons. The summed E-state index contributed by atoms with van der Waals surface area (Å²) in [5.74, 6) is -1.25. The predicted octanol–water partition coefficient (Wildman–Crippen LogP) is -5.95. The molecule has 2 aliphatic heterocycles. The van der Waals surface area contributed by atoms with Crippen LogP contribution in [0.15, 0.2) is 60.7 Å². The quantitative estimate of drug-likeness (QED) is 0.108. The van der Waals surface area contributed by atoms with Crippen LogP contribution in [0.3, 0.4) is 0 Å². The van der Waals surface area contributed by atoms with E-state index in [2.05, 4.69) is 5.32 Å². The van der Waals surface area contributed by atoms with Crippen LogP contribution in [0.1, 0.15) is 30.0 Å². The number of hydrogen-bond acceptors (Lipinski definition) is 9. The number of nitrogens with zero attached hydrogens (tertiary/aromatic N) is 1. The monoisotopic (exact) mass is 598 g/mol. The summed E-state index contributed by atoms with van der Waals surface area (Å²) in [6, 6.07) is 18.2. The van der Waals surface area contributed by atoms with Crippen LogP contribution in [0.4, 0.5) is 0 Å². The van der Waals surface area contributed by atoms with E-state index >= 15 is 0 Å². The number of carbonyl (C=O) groups is 2. The Bertz CT molecular complexity index is 1140. The summed E-state index contributed by atoms with van der Waals surface area (Å²) in [4.78, 5) is 67.7. The molecule has 0 saturated carbocycles. The maximum absolute atomic E-state index is 12.9. The van der Waals surface area contributed by atoms with Gasteiger partial charge in [0, 0.05) is 13.1 Å². The van der Waals surface area contributed by atoms with Crippen molar-refractivity contribution in [3.8, 4) is 0 Å². The molecule has 0 aromatic heterocycles. The Balaban J connectivity index is 0.00000267. The van der Waals surface area contributed by atoms with E-state index in [4.69, 9.17) is 9.47 Å². The maximum atomic E-state index is 12.9. The van der Waals surface area contributed by atoms with Gasteiger partial charge >= 0.3 is 72.7 Å². The Morgan fingerprint density at radius 2 is 1.41 bits per heavy atom. The molecular formula is C23H26N2Na2O10P2. The molecule has 0 radical (unpaired) electrons. The largest absolute Gasteiger partial charge is 1.00 e. The first-order valence-corrected chi connectivity index (χ1v) is 14.8. The fourth-order valence-electron chi connectivity index (χ4n) is 4.42. The van der Waals surface area contributed by atoms with E-state index in [0.29, 0.717) is 0 Å². The van der Waals surface area contributed by atoms with Crippen LogP contribution in [0, 0.1) is 0 Å². The van der Waals surface area contributed by atoms with Crippen molar-refractivity contribution in [2.75, 3.05) is 13.1 Å². The van der Waals surface area contributed by atoms with E-state index in [1.54, 1.807) is 0 Å². The SMILES string of the molecule is O=C(NC(c1ccccc1)c1ccccc1)[C@H]1O[C@@H]1C(=O)OC1CCN(C(P(=O)([O-])[O-])P(=O)(O)O)CC1.[Na+].[Na+]. The van der Waals surface area contributed by atoms with Crippen molar-refractivity contribution >= 4 is 27.1 Å². The Hall–Kier alpha value is -0.400. The van der Waals surface area contributed by atoms with Crippen LogP contribution in [0.25, 0.3) is 0 Å². The van der Waals surface area contributed by atoms with Gasteiger partial charge in [-0.05, 0) is 31.6 Å². The van der Waals surface area contributed by atoms with E-state index in [0.717, 1.165) is 16.0 Å². The molecule has 39 heavy (non-hydrogen) atoms. The van der Waals surface area contributed by atoms with Crippen molar-refractivity contribution in [1.82, 2.24) is 10.2 Å². The molecule has 2 aromatic rings. The van der Waals surface area contributed by atoms with Gasteiger partial charge in [-0.3, -0.25) is 14.3 Å². The topological polar surface area (TPSA) is 192 Å². The smallest absolute Gasteiger partial charge is 0.809 e. The number of benzene rings is 2. The van der Waals surface area contributed by atoms with Gasteiger partial charge in [-0.1, -0.05) is 60.7 Å². The number of hydrogen-bond donors (Lipinski definition) is 3. The van der Waals surface area contributed by atoms with Gasteiger partial charge in [0.1, 0.15) is 11.6 Å². The Kier molecular flexibility index (Phi) is 13.1. The summed E-state index contributed by atoms with van der Waals surface area (Å²) >= 11 is 0. The van der Waals surface area contributed by atoms with Crippen LogP contribution >= 0.6 is 15.2 Å². The van der Waals surface area contributed by atoms with E-state index in [9.17, 15) is 38.3 Å². The summed E-state index contributed by atoms with van der Waals surface area (Å²) < 4.78 is 33.6. The number of likely N-dealkylation sites (tertiary alicyclic amines) is 1. The van der Waals surface area contributed by atoms with E-state index in [1.807, 2.05) is 60.7 Å². The van der Waals surface area contributed by atoms with Crippen LogP contribution in [0.2, 0.25) is 0 Å². The van der Waals surface area contributed by atoms with Crippen molar-refractivity contribution in [2.24, 2.45) is 0 Å². The van der Waals surface area contributed by atoms with Gasteiger partial charge < -0.3 is 38.9 Å². The summed E-state index contributed by atoms with van der Waals surface area (Å²) in [6.07, 6.45) is -2.72. The van der Waals surface area contributed by atoms with Gasteiger partial charge in [0.25, 0.3) is 5.91 Å². The second-order valence-electron chi connectivity index (χ2n) is 8.89. The first-order valence-electron chi connectivity index (χ1n) is 11.5. The number of ether oxygens (including phenoxy) is 2. The number of epoxide rings is 1. The fourth-order valence-corrected chi connectivity index (χ4v) is 7.18. The molecule has 2 fully saturated rings. The molecule has 0 spiro atoms. The molecule has 0 aliphatic carbocycles. The van der Waals surface area contributed by atoms with Crippen LogP contribution < -0.4 is 74.2 Å². The van der Waals surface area contributed by atoms with Gasteiger partial charge in [0.15, 0.2) is 12.2 Å². The zero-order chi connectivity index (χ0) is 26.8. The molecule has 3 N–H and O–H groups in total. The van der Waals surface area contributed by atoms with Gasteiger partial charge in [0.05, 0.1) is 6.04 Å². The maximum Gasteiger partial charge on any atom is 1.00 e. The molecule has 1 amide bonds. The Labute approximate surface area is 269 Å². The first kappa shape index (κ1) is 34.8. The molecule has 2 aromatic carbocycles. The minimum Gasteiger partial charge on any atom is -0.809 e. The number of nitrogens with one attached hydrogen (secondary N) is 1. The van der Waals surface area contributed by atoms with E-state index < -0.39 is 56.9 Å². The molecule has 2 aliphatic rings. The molecule has 16 heteroatoms. The third kappa shape index (κ3) is 9.30. The van der Waals surface area contributed by atoms with Gasteiger partial charge in [-0.25, -0.2) is 4.79 Å². The molecule has 1 unspecified atom stereocenters. The van der Waals surface area contributed by atoms with Crippen molar-refractivity contribution in [1.29, 1.82) is 0 Å². The second kappa shape index (κ2) is 14.7. The Morgan fingerprint density at radius 1 is 0.923 bits per heavy atom. The van der Waals surface area contributed by atoms with Crippen LogP contribution in [-0.4, -0.2) is 63.5 Å². The zero-order valence-electron chi connectivity index (χ0n) is 21.5. The fraction of sp³-hybridized carbons (Fsp3) is 0.391. The van der Waals surface area contributed by atoms with Crippen molar-refractivity contribution in [3.63, 3.8) is 0 Å². The minimum atomic E-state index is -5.60. The van der Waals surface area contributed by atoms with Crippen molar-refractivity contribution < 1.29 is 107 Å². The molecular weight excluding hydrogens is 572 g/mol. The van der Waals surface area contributed by atoms with Crippen LogP contribution in [0.5, 0.6) is 0 Å². The molecule has 3 atom stereocenters. The summed E-state index contributed by atoms with van der Waals surface area (Å²) in [5, 5.41) is 2.91. The Morgan fingerprint density at radius 3 is 1.85 bits per heavy atom. The van der Waals surface area contributed by atoms with Gasteiger partial charge in [0.2, 0.25) is 0 Å². The second-order valence-corrected chi connectivity index (χ2v) is 12.5. The normalized spacial score (nSPS) is 20.7. The predicted molar refractivity (Wildman–Crippen MR) is 126 cm³/mol. The number of esters is 1. The molecule has 2 heterocycles. The van der Waals surface area contributed by atoms with Gasteiger partial charge in [-0.2, -0.15) is 0 Å². The number of carbonyl (C=O) groups excluding carboxylic acids is 2. The van der Waals surface area contributed by atoms with E-state index in [-0.39, 0.29) is 85.0 Å². The van der Waals surface area contributed by atoms with Crippen molar-refractivity contribution in [2.45, 2.75) is 42.7 Å². The third-order valence-electron chi connectivity index (χ3n) is 6.20.